The smallest absolute Gasteiger partial charge is 0.175 e. The summed E-state index contributed by atoms with van der Waals surface area (Å²) in [6.45, 7) is 0. The van der Waals surface area contributed by atoms with Crippen molar-refractivity contribution in [2.75, 3.05) is 0 Å². The lowest BCUT2D eigenvalue weighted by Gasteiger charge is -2.31. The molecule has 1 aliphatic heterocycles. The van der Waals surface area contributed by atoms with Crippen molar-refractivity contribution in [1.82, 2.24) is 9.55 Å². The molecule has 11 rings (SSSR count). The van der Waals surface area contributed by atoms with E-state index in [0.29, 0.717) is 0 Å². The molecule has 1 aliphatic rings. The average molecular weight is 721 g/mol. The van der Waals surface area contributed by atoms with Crippen molar-refractivity contribution in [3.8, 4) is 50.5 Å². The van der Waals surface area contributed by atoms with Gasteiger partial charge in [0.05, 0.1) is 22.0 Å². The largest absolute Gasteiger partial charge is 0.308 e. The molecule has 0 aliphatic carbocycles. The fraction of sp³-hybridized carbons (Fsp3) is 0. The van der Waals surface area contributed by atoms with Crippen molar-refractivity contribution in [1.29, 1.82) is 0 Å². The van der Waals surface area contributed by atoms with Gasteiger partial charge in [0.1, 0.15) is 5.82 Å². The van der Waals surface area contributed by atoms with E-state index in [1.165, 1.54) is 21.5 Å². The van der Waals surface area contributed by atoms with Gasteiger partial charge in [-0.15, -0.1) is 0 Å². The Morgan fingerprint density at radius 3 is 1.64 bits per heavy atom. The first-order valence-electron chi connectivity index (χ1n) is 18.6. The van der Waals surface area contributed by atoms with Gasteiger partial charge < -0.3 is 4.57 Å². The molecule has 10 aromatic rings. The fourth-order valence-corrected chi connectivity index (χ4v) is 11.8. The van der Waals surface area contributed by atoms with Gasteiger partial charge in [-0.1, -0.05) is 152 Å². The van der Waals surface area contributed by atoms with E-state index in [4.69, 9.17) is 4.98 Å². The molecule has 0 saturated heterocycles. The maximum absolute atomic E-state index is 16.6. The minimum atomic E-state index is -3.45. The van der Waals surface area contributed by atoms with Crippen LogP contribution in [-0.4, -0.2) is 9.55 Å². The zero-order valence-corrected chi connectivity index (χ0v) is 30.7. The summed E-state index contributed by atoms with van der Waals surface area (Å²) in [5, 5.41) is 7.25. The number of aromatic nitrogens is 2. The molecule has 0 fully saturated rings. The number of para-hydroxylation sites is 1. The highest BCUT2D eigenvalue weighted by Gasteiger charge is 2.42. The molecule has 0 saturated carbocycles. The van der Waals surface area contributed by atoms with Gasteiger partial charge in [0.25, 0.3) is 0 Å². The molecule has 9 aromatic carbocycles. The fourth-order valence-electron chi connectivity index (χ4n) is 8.53. The van der Waals surface area contributed by atoms with Crippen LogP contribution in [0.25, 0.3) is 83.0 Å². The minimum absolute atomic E-state index is 0.811. The lowest BCUT2D eigenvalue weighted by molar-refractivity contribution is 0.592. The lowest BCUT2D eigenvalue weighted by Crippen LogP contribution is -2.34. The average Bonchev–Trinajstić information content (AvgIpc) is 3.66. The first-order chi connectivity index (χ1) is 27.1. The Morgan fingerprint density at radius 2 is 0.982 bits per heavy atom. The molecule has 1 unspecified atom stereocenters. The molecule has 258 valence electrons. The quantitative estimate of drug-likeness (QED) is 0.166. The van der Waals surface area contributed by atoms with E-state index in [9.17, 15) is 0 Å². The van der Waals surface area contributed by atoms with E-state index in [1.807, 2.05) is 60.7 Å². The van der Waals surface area contributed by atoms with E-state index >= 15 is 4.57 Å². The van der Waals surface area contributed by atoms with Gasteiger partial charge in [-0.2, -0.15) is 0 Å². The van der Waals surface area contributed by atoms with Gasteiger partial charge in [-0.25, -0.2) is 4.98 Å². The van der Waals surface area contributed by atoms with Crippen LogP contribution in [0, 0.1) is 0 Å². The summed E-state index contributed by atoms with van der Waals surface area (Å²) >= 11 is 0. The summed E-state index contributed by atoms with van der Waals surface area (Å²) in [6, 6.07) is 70.1. The van der Waals surface area contributed by atoms with Crippen LogP contribution in [0.3, 0.4) is 0 Å². The second kappa shape index (κ2) is 12.4. The zero-order valence-electron chi connectivity index (χ0n) is 29.8. The molecule has 2 heterocycles. The van der Waals surface area contributed by atoms with Gasteiger partial charge in [-0.3, -0.25) is 4.57 Å². The van der Waals surface area contributed by atoms with Crippen molar-refractivity contribution in [2.45, 2.75) is 0 Å². The van der Waals surface area contributed by atoms with E-state index < -0.39 is 7.14 Å². The number of nitrogens with zero attached hydrogens (tertiary/aromatic N) is 2. The van der Waals surface area contributed by atoms with Crippen molar-refractivity contribution >= 4 is 55.6 Å². The lowest BCUT2D eigenvalue weighted by atomic mass is 9.91. The molecule has 55 heavy (non-hydrogen) atoms. The Bertz CT molecular complexity index is 3090. The Balaban J connectivity index is 1.23. The number of rotatable bonds is 5. The van der Waals surface area contributed by atoms with Crippen LogP contribution in [0.15, 0.2) is 200 Å². The Hall–Kier alpha value is -6.80. The van der Waals surface area contributed by atoms with Gasteiger partial charge >= 0.3 is 0 Å². The predicted molar refractivity (Wildman–Crippen MR) is 231 cm³/mol. The topological polar surface area (TPSA) is 34.9 Å². The monoisotopic (exact) mass is 720 g/mol. The minimum Gasteiger partial charge on any atom is -0.308 e. The van der Waals surface area contributed by atoms with Gasteiger partial charge in [0.15, 0.2) is 7.14 Å². The first-order valence-corrected chi connectivity index (χ1v) is 20.4. The maximum Gasteiger partial charge on any atom is 0.175 e. The number of benzene rings is 9. The molecular formula is C51H33N2OP. The Labute approximate surface area is 319 Å². The summed E-state index contributed by atoms with van der Waals surface area (Å²) in [6.07, 6.45) is 0. The third kappa shape index (κ3) is 4.98. The van der Waals surface area contributed by atoms with Crippen molar-refractivity contribution in [2.24, 2.45) is 0 Å². The molecule has 0 bridgehead atoms. The summed E-state index contributed by atoms with van der Waals surface area (Å²) in [5.74, 6) is 0.836. The van der Waals surface area contributed by atoms with Crippen molar-refractivity contribution in [3.63, 3.8) is 0 Å². The molecule has 1 atom stereocenters. The van der Waals surface area contributed by atoms with E-state index in [-0.39, 0.29) is 0 Å². The summed E-state index contributed by atoms with van der Waals surface area (Å²) in [7, 11) is -3.45. The molecule has 0 radical (unpaired) electrons. The Kier molecular flexibility index (Phi) is 7.14. The predicted octanol–water partition coefficient (Wildman–Crippen LogP) is 12.0. The first kappa shape index (κ1) is 31.7. The standard InChI is InChI=1S/C51H33N2OP/c54-55(44-19-5-2-6-20-44)48-24-12-22-46-49(48)53(51(52-46)36-15-3-1-4-16-36)47-23-11-21-45(50(47)55)43-32-41(39-27-25-34-13-7-9-17-37(34)29-39)31-42(33-43)40-28-26-35-14-8-10-18-38(35)30-40/h1-33H. The van der Waals surface area contributed by atoms with E-state index in [2.05, 4.69) is 144 Å². The third-order valence-corrected chi connectivity index (χ3v) is 14.3. The molecule has 4 heteroatoms. The molecule has 3 nitrogen and oxygen atoms in total. The van der Waals surface area contributed by atoms with Crippen LogP contribution in [0.2, 0.25) is 0 Å². The van der Waals surface area contributed by atoms with Crippen molar-refractivity contribution in [3.05, 3.63) is 200 Å². The second-order valence-corrected chi connectivity index (χ2v) is 17.0. The van der Waals surface area contributed by atoms with Gasteiger partial charge in [0.2, 0.25) is 0 Å². The molecular weight excluding hydrogens is 688 g/mol. The normalized spacial score (nSPS) is 14.7. The highest BCUT2D eigenvalue weighted by atomic mass is 31.2. The number of fused-ring (bicyclic) bond motifs is 4. The summed E-state index contributed by atoms with van der Waals surface area (Å²) < 4.78 is 18.8. The van der Waals surface area contributed by atoms with Crippen LogP contribution in [-0.2, 0) is 4.57 Å². The number of hydrogen-bond acceptors (Lipinski definition) is 2. The summed E-state index contributed by atoms with van der Waals surface area (Å²) in [5.41, 5.74) is 10.1. The number of imidazole rings is 1. The van der Waals surface area contributed by atoms with E-state index in [0.717, 1.165) is 77.4 Å². The van der Waals surface area contributed by atoms with Gasteiger partial charge in [0, 0.05) is 16.2 Å². The summed E-state index contributed by atoms with van der Waals surface area (Å²) in [4.78, 5) is 5.21. The van der Waals surface area contributed by atoms with Crippen LogP contribution >= 0.6 is 7.14 Å². The molecule has 0 spiro atoms. The maximum atomic E-state index is 16.6. The molecule has 1 aromatic heterocycles. The van der Waals surface area contributed by atoms with Crippen LogP contribution in [0.1, 0.15) is 0 Å². The van der Waals surface area contributed by atoms with Gasteiger partial charge in [-0.05, 0) is 103 Å². The van der Waals surface area contributed by atoms with Crippen LogP contribution in [0.4, 0.5) is 0 Å². The second-order valence-electron chi connectivity index (χ2n) is 14.3. The van der Waals surface area contributed by atoms with Crippen molar-refractivity contribution < 1.29 is 4.57 Å². The SMILES string of the molecule is O=P1(c2ccccc2)c2c(-c3cc(-c4ccc5ccccc5c4)cc(-c4ccc5ccccc5c4)c3)cccc2-n2c(-c3ccccc3)nc3cccc1c32. The number of hydrogen-bond donors (Lipinski definition) is 0. The molecule has 0 N–H and O–H groups in total. The highest BCUT2D eigenvalue weighted by molar-refractivity contribution is 7.86. The van der Waals surface area contributed by atoms with E-state index in [1.54, 1.807) is 0 Å². The highest BCUT2D eigenvalue weighted by Crippen LogP contribution is 2.52. The van der Waals surface area contributed by atoms with Crippen LogP contribution < -0.4 is 15.9 Å². The molecule has 0 amide bonds. The van der Waals surface area contributed by atoms with Crippen LogP contribution in [0.5, 0.6) is 0 Å². The zero-order chi connectivity index (χ0) is 36.5. The Morgan fingerprint density at radius 1 is 0.418 bits per heavy atom. The third-order valence-electron chi connectivity index (χ3n) is 11.1.